The van der Waals surface area contributed by atoms with Crippen molar-refractivity contribution < 1.29 is 18.7 Å². The minimum Gasteiger partial charge on any atom is -0.497 e. The molecule has 0 saturated carbocycles. The first kappa shape index (κ1) is 17.5. The summed E-state index contributed by atoms with van der Waals surface area (Å²) in [4.78, 5) is 28.9. The van der Waals surface area contributed by atoms with Crippen LogP contribution in [0.2, 0.25) is 0 Å². The number of hydrogen-bond acceptors (Lipinski definition) is 5. The van der Waals surface area contributed by atoms with Crippen molar-refractivity contribution in [1.29, 1.82) is 0 Å². The Morgan fingerprint density at radius 2 is 1.64 bits per heavy atom. The van der Waals surface area contributed by atoms with E-state index in [1.807, 2.05) is 24.3 Å². The van der Waals surface area contributed by atoms with Crippen molar-refractivity contribution in [3.8, 4) is 17.2 Å². The molecule has 0 unspecified atom stereocenters. The van der Waals surface area contributed by atoms with E-state index in [-0.39, 0.29) is 0 Å². The van der Waals surface area contributed by atoms with Gasteiger partial charge in [-0.25, -0.2) is 4.98 Å². The number of methoxy groups -OCH3 is 1. The number of nitrogens with zero attached hydrogens (tertiary/aromatic N) is 1. The van der Waals surface area contributed by atoms with Crippen LogP contribution in [-0.4, -0.2) is 23.8 Å². The molecule has 1 heterocycles. The zero-order chi connectivity index (χ0) is 19.5. The van der Waals surface area contributed by atoms with Crippen molar-refractivity contribution in [2.75, 3.05) is 12.4 Å². The highest BCUT2D eigenvalue weighted by Crippen LogP contribution is 2.25. The number of aromatic nitrogens is 1. The normalized spacial score (nSPS) is 10.6. The van der Waals surface area contributed by atoms with Gasteiger partial charge in [0.1, 0.15) is 11.3 Å². The summed E-state index contributed by atoms with van der Waals surface area (Å²) in [7, 11) is 1.54. The van der Waals surface area contributed by atoms with Crippen molar-refractivity contribution in [2.24, 2.45) is 0 Å². The Bertz CT molecular complexity index is 1110. The Hall–Kier alpha value is -3.93. The Labute approximate surface area is 160 Å². The quantitative estimate of drug-likeness (QED) is 0.417. The summed E-state index contributed by atoms with van der Waals surface area (Å²) in [5.74, 6) is -0.217. The fraction of sp³-hybridized carbons (Fsp3) is 0.0455. The zero-order valence-electron chi connectivity index (χ0n) is 15.0. The molecule has 28 heavy (non-hydrogen) atoms. The predicted octanol–water partition coefficient (Wildman–Crippen LogP) is 4.32. The summed E-state index contributed by atoms with van der Waals surface area (Å²) in [5, 5.41) is 2.60. The molecule has 3 aromatic carbocycles. The first-order chi connectivity index (χ1) is 13.6. The van der Waals surface area contributed by atoms with E-state index >= 15 is 0 Å². The number of fused-ring (bicyclic) bond motifs is 1. The molecule has 1 N–H and O–H groups in total. The maximum Gasteiger partial charge on any atom is 0.296 e. The Balaban J connectivity index is 1.47. The molecule has 4 aromatic rings. The molecule has 4 rings (SSSR count). The molecular formula is C22H16N2O4. The first-order valence-corrected chi connectivity index (χ1v) is 8.60. The van der Waals surface area contributed by atoms with E-state index < -0.39 is 11.7 Å². The number of amides is 1. The minimum absolute atomic E-state index is 0.293. The topological polar surface area (TPSA) is 81.4 Å². The second kappa shape index (κ2) is 7.36. The Morgan fingerprint density at radius 1 is 0.929 bits per heavy atom. The van der Waals surface area contributed by atoms with Crippen LogP contribution in [0, 0.1) is 0 Å². The molecule has 138 valence electrons. The maximum absolute atomic E-state index is 12.3. The van der Waals surface area contributed by atoms with Crippen LogP contribution in [0.4, 0.5) is 5.69 Å². The average molecular weight is 372 g/mol. The summed E-state index contributed by atoms with van der Waals surface area (Å²) >= 11 is 0. The molecule has 0 atom stereocenters. The average Bonchev–Trinajstić information content (AvgIpc) is 3.18. The Kier molecular flexibility index (Phi) is 4.60. The molecule has 0 saturated heterocycles. The van der Waals surface area contributed by atoms with Gasteiger partial charge in [0, 0.05) is 16.8 Å². The van der Waals surface area contributed by atoms with Crippen LogP contribution in [0.1, 0.15) is 10.4 Å². The molecule has 0 radical (unpaired) electrons. The summed E-state index contributed by atoms with van der Waals surface area (Å²) in [5.41, 5.74) is 3.06. The monoisotopic (exact) mass is 372 g/mol. The minimum atomic E-state index is -0.709. The second-order valence-electron chi connectivity index (χ2n) is 6.08. The van der Waals surface area contributed by atoms with E-state index in [1.54, 1.807) is 48.5 Å². The number of nitrogens with one attached hydrogen (secondary N) is 1. The highest BCUT2D eigenvalue weighted by atomic mass is 16.5. The zero-order valence-corrected chi connectivity index (χ0v) is 15.0. The van der Waals surface area contributed by atoms with Crippen molar-refractivity contribution in [2.45, 2.75) is 0 Å². The number of ketones is 1. The summed E-state index contributed by atoms with van der Waals surface area (Å²) in [6.45, 7) is 0. The van der Waals surface area contributed by atoms with E-state index in [0.29, 0.717) is 28.5 Å². The first-order valence-electron chi connectivity index (χ1n) is 8.60. The van der Waals surface area contributed by atoms with E-state index in [2.05, 4.69) is 10.3 Å². The van der Waals surface area contributed by atoms with Crippen molar-refractivity contribution in [3.63, 3.8) is 0 Å². The summed E-state index contributed by atoms with van der Waals surface area (Å²) < 4.78 is 10.8. The van der Waals surface area contributed by atoms with Gasteiger partial charge in [0.25, 0.3) is 11.7 Å². The number of anilines is 1. The predicted molar refractivity (Wildman–Crippen MR) is 105 cm³/mol. The Morgan fingerprint density at radius 3 is 2.32 bits per heavy atom. The lowest BCUT2D eigenvalue weighted by atomic mass is 10.1. The van der Waals surface area contributed by atoms with Crippen molar-refractivity contribution in [1.82, 2.24) is 4.98 Å². The number of hydrogen-bond donors (Lipinski definition) is 1. The third kappa shape index (κ3) is 3.48. The molecule has 6 heteroatoms. The van der Waals surface area contributed by atoms with Crippen LogP contribution < -0.4 is 10.1 Å². The van der Waals surface area contributed by atoms with Gasteiger partial charge in [0.05, 0.1) is 7.11 Å². The van der Waals surface area contributed by atoms with Gasteiger partial charge in [0.15, 0.2) is 5.58 Å². The molecule has 0 aliphatic carbocycles. The number of ether oxygens (including phenoxy) is 1. The lowest BCUT2D eigenvalue weighted by Gasteiger charge is -2.06. The van der Waals surface area contributed by atoms with Crippen LogP contribution in [0.5, 0.6) is 5.75 Å². The van der Waals surface area contributed by atoms with Crippen molar-refractivity contribution in [3.05, 3.63) is 78.4 Å². The highest BCUT2D eigenvalue weighted by Gasteiger charge is 2.16. The smallest absolute Gasteiger partial charge is 0.296 e. The van der Waals surface area contributed by atoms with E-state index in [4.69, 9.17) is 9.15 Å². The van der Waals surface area contributed by atoms with Crippen LogP contribution in [0.25, 0.3) is 22.6 Å². The van der Waals surface area contributed by atoms with Crippen LogP contribution >= 0.6 is 0 Å². The van der Waals surface area contributed by atoms with Gasteiger partial charge < -0.3 is 14.5 Å². The number of rotatable bonds is 5. The van der Waals surface area contributed by atoms with Gasteiger partial charge in [-0.05, 0) is 60.7 Å². The molecule has 1 amide bonds. The van der Waals surface area contributed by atoms with Gasteiger partial charge in [0.2, 0.25) is 5.89 Å². The number of oxazole rings is 1. The van der Waals surface area contributed by atoms with E-state index in [0.717, 1.165) is 11.1 Å². The van der Waals surface area contributed by atoms with Gasteiger partial charge in [-0.1, -0.05) is 12.1 Å². The molecule has 0 bridgehead atoms. The molecule has 0 fully saturated rings. The summed E-state index contributed by atoms with van der Waals surface area (Å²) in [6.07, 6.45) is 0. The number of benzene rings is 3. The van der Waals surface area contributed by atoms with Gasteiger partial charge in [-0.3, -0.25) is 9.59 Å². The van der Waals surface area contributed by atoms with Gasteiger partial charge in [-0.2, -0.15) is 0 Å². The van der Waals surface area contributed by atoms with E-state index in [9.17, 15) is 9.59 Å². The van der Waals surface area contributed by atoms with Crippen LogP contribution in [0.3, 0.4) is 0 Å². The fourth-order valence-electron chi connectivity index (χ4n) is 2.75. The van der Waals surface area contributed by atoms with Gasteiger partial charge in [-0.15, -0.1) is 0 Å². The third-order valence-corrected chi connectivity index (χ3v) is 4.24. The molecule has 0 spiro atoms. The highest BCUT2D eigenvalue weighted by molar-refractivity contribution is 6.46. The number of Topliss-reactive ketones (excluding diaryl/α,β-unsaturated/α-hetero) is 1. The number of carbonyl (C=O) groups is 2. The molecule has 6 nitrogen and oxygen atoms in total. The fourth-order valence-corrected chi connectivity index (χ4v) is 2.75. The second-order valence-corrected chi connectivity index (χ2v) is 6.08. The third-order valence-electron chi connectivity index (χ3n) is 4.24. The van der Waals surface area contributed by atoms with Crippen LogP contribution in [0.15, 0.2) is 77.2 Å². The molecule has 0 aliphatic rings. The lowest BCUT2D eigenvalue weighted by molar-refractivity contribution is -0.112. The SMILES string of the molecule is COc1ccc(C(=O)C(=O)Nc2ccc(-c3nc4ccccc4o3)cc2)cc1. The maximum atomic E-state index is 12.3. The standard InChI is InChI=1S/C22H16N2O4/c1-27-17-12-8-14(9-13-17)20(25)21(26)23-16-10-6-15(7-11-16)22-24-18-4-2-3-5-19(18)28-22/h2-13H,1H3,(H,23,26). The van der Waals surface area contributed by atoms with Gasteiger partial charge >= 0.3 is 0 Å². The largest absolute Gasteiger partial charge is 0.497 e. The van der Waals surface area contributed by atoms with Crippen LogP contribution in [-0.2, 0) is 4.79 Å². The van der Waals surface area contributed by atoms with E-state index in [1.165, 1.54) is 7.11 Å². The molecule has 1 aromatic heterocycles. The molecular weight excluding hydrogens is 356 g/mol. The van der Waals surface area contributed by atoms with Crippen molar-refractivity contribution >= 4 is 28.5 Å². The number of para-hydroxylation sites is 2. The molecule has 0 aliphatic heterocycles. The summed E-state index contributed by atoms with van der Waals surface area (Å²) in [6, 6.07) is 20.8. The number of carbonyl (C=O) groups excluding carboxylic acids is 2. The lowest BCUT2D eigenvalue weighted by Crippen LogP contribution is -2.22.